The summed E-state index contributed by atoms with van der Waals surface area (Å²) in [5, 5.41) is 0.487. The standard InChI is InChI=1S/C10H11ClF2N2S/c1-16-9-14-7-6(8(11)15-9)4-2-3-5-10(7,12)13/h2-5H2,1H3. The highest BCUT2D eigenvalue weighted by atomic mass is 35.5. The van der Waals surface area contributed by atoms with E-state index in [-0.39, 0.29) is 17.3 Å². The largest absolute Gasteiger partial charge is 0.290 e. The third-order valence-corrected chi connectivity index (χ3v) is 3.49. The average molecular weight is 265 g/mol. The predicted octanol–water partition coefficient (Wildman–Crippen LogP) is 3.67. The molecule has 2 nitrogen and oxygen atoms in total. The molecule has 0 aromatic carbocycles. The van der Waals surface area contributed by atoms with Crippen molar-refractivity contribution in [3.8, 4) is 0 Å². The first-order chi connectivity index (χ1) is 7.54. The van der Waals surface area contributed by atoms with Crippen molar-refractivity contribution in [2.24, 2.45) is 0 Å². The highest BCUT2D eigenvalue weighted by molar-refractivity contribution is 7.98. The Morgan fingerprint density at radius 2 is 2.06 bits per heavy atom. The molecule has 0 saturated carbocycles. The van der Waals surface area contributed by atoms with Crippen LogP contribution in [0.4, 0.5) is 8.78 Å². The smallest absolute Gasteiger partial charge is 0.221 e. The van der Waals surface area contributed by atoms with E-state index < -0.39 is 5.92 Å². The predicted molar refractivity (Wildman–Crippen MR) is 60.3 cm³/mol. The summed E-state index contributed by atoms with van der Waals surface area (Å²) >= 11 is 7.15. The van der Waals surface area contributed by atoms with E-state index in [1.165, 1.54) is 11.8 Å². The minimum absolute atomic E-state index is 0.152. The Morgan fingerprint density at radius 1 is 1.31 bits per heavy atom. The van der Waals surface area contributed by atoms with Gasteiger partial charge in [-0.1, -0.05) is 23.4 Å². The lowest BCUT2D eigenvalue weighted by molar-refractivity contribution is -0.0187. The molecule has 6 heteroatoms. The number of fused-ring (bicyclic) bond motifs is 1. The molecule has 1 aliphatic carbocycles. The van der Waals surface area contributed by atoms with Crippen molar-refractivity contribution in [1.29, 1.82) is 0 Å². The first kappa shape index (κ1) is 12.0. The lowest BCUT2D eigenvalue weighted by Crippen LogP contribution is -2.17. The van der Waals surface area contributed by atoms with Crippen molar-refractivity contribution < 1.29 is 8.78 Å². The fourth-order valence-electron chi connectivity index (χ4n) is 1.82. The van der Waals surface area contributed by atoms with E-state index in [1.54, 1.807) is 6.26 Å². The maximum Gasteiger partial charge on any atom is 0.290 e. The van der Waals surface area contributed by atoms with Crippen LogP contribution in [0, 0.1) is 0 Å². The second kappa shape index (κ2) is 4.45. The van der Waals surface area contributed by atoms with E-state index in [4.69, 9.17) is 11.6 Å². The second-order valence-electron chi connectivity index (χ2n) is 3.74. The summed E-state index contributed by atoms with van der Waals surface area (Å²) < 4.78 is 27.6. The van der Waals surface area contributed by atoms with E-state index in [2.05, 4.69) is 9.97 Å². The van der Waals surface area contributed by atoms with Gasteiger partial charge in [0, 0.05) is 12.0 Å². The van der Waals surface area contributed by atoms with Gasteiger partial charge in [-0.05, 0) is 25.5 Å². The van der Waals surface area contributed by atoms with Gasteiger partial charge < -0.3 is 0 Å². The Labute approximate surface area is 102 Å². The van der Waals surface area contributed by atoms with E-state index in [9.17, 15) is 8.78 Å². The molecule has 1 aromatic rings. The summed E-state index contributed by atoms with van der Waals surface area (Å²) in [6.45, 7) is 0. The van der Waals surface area contributed by atoms with Gasteiger partial charge in [-0.25, -0.2) is 9.97 Å². The Bertz CT molecular complexity index is 412. The molecule has 0 saturated heterocycles. The SMILES string of the molecule is CSc1nc(Cl)c2c(n1)C(F)(F)CCCC2. The number of hydrogen-bond donors (Lipinski definition) is 0. The molecular weight excluding hydrogens is 254 g/mol. The van der Waals surface area contributed by atoms with Crippen LogP contribution in [0.1, 0.15) is 30.5 Å². The molecule has 0 spiro atoms. The fraction of sp³-hybridized carbons (Fsp3) is 0.600. The summed E-state index contributed by atoms with van der Waals surface area (Å²) in [6.07, 6.45) is 3.34. The summed E-state index contributed by atoms with van der Waals surface area (Å²) in [7, 11) is 0. The van der Waals surface area contributed by atoms with Crippen LogP contribution in [0.3, 0.4) is 0 Å². The van der Waals surface area contributed by atoms with Gasteiger partial charge in [0.2, 0.25) is 0 Å². The van der Waals surface area contributed by atoms with Gasteiger partial charge in [0.1, 0.15) is 10.8 Å². The quantitative estimate of drug-likeness (QED) is 0.335. The van der Waals surface area contributed by atoms with Gasteiger partial charge in [0.25, 0.3) is 5.92 Å². The number of nitrogens with zero attached hydrogens (tertiary/aromatic N) is 2. The number of halogens is 3. The summed E-state index contributed by atoms with van der Waals surface area (Å²) in [5.74, 6) is -2.87. The molecule has 0 N–H and O–H groups in total. The van der Waals surface area contributed by atoms with Crippen molar-refractivity contribution in [1.82, 2.24) is 9.97 Å². The van der Waals surface area contributed by atoms with Gasteiger partial charge in [-0.2, -0.15) is 8.78 Å². The van der Waals surface area contributed by atoms with Crippen molar-refractivity contribution >= 4 is 23.4 Å². The molecular formula is C10H11ClF2N2S. The van der Waals surface area contributed by atoms with Crippen molar-refractivity contribution in [2.45, 2.75) is 36.8 Å². The lowest BCUT2D eigenvalue weighted by Gasteiger charge is -2.16. The van der Waals surface area contributed by atoms with Gasteiger partial charge in [0.15, 0.2) is 5.16 Å². The normalized spacial score (nSPS) is 19.0. The van der Waals surface area contributed by atoms with Crippen LogP contribution in [-0.4, -0.2) is 16.2 Å². The van der Waals surface area contributed by atoms with Crippen LogP contribution in [0.25, 0.3) is 0 Å². The molecule has 1 aliphatic rings. The number of alkyl halides is 2. The van der Waals surface area contributed by atoms with Crippen LogP contribution >= 0.6 is 23.4 Å². The molecule has 16 heavy (non-hydrogen) atoms. The lowest BCUT2D eigenvalue weighted by atomic mass is 10.1. The number of thioether (sulfide) groups is 1. The third-order valence-electron chi connectivity index (χ3n) is 2.63. The monoisotopic (exact) mass is 264 g/mol. The second-order valence-corrected chi connectivity index (χ2v) is 4.87. The first-order valence-corrected chi connectivity index (χ1v) is 6.63. The van der Waals surface area contributed by atoms with Gasteiger partial charge in [-0.3, -0.25) is 0 Å². The highest BCUT2D eigenvalue weighted by Gasteiger charge is 2.38. The Morgan fingerprint density at radius 3 is 2.75 bits per heavy atom. The molecule has 88 valence electrons. The molecule has 2 rings (SSSR count). The Kier molecular flexibility index (Phi) is 3.35. The number of aromatic nitrogens is 2. The van der Waals surface area contributed by atoms with Crippen molar-refractivity contribution in [3.63, 3.8) is 0 Å². The van der Waals surface area contributed by atoms with Gasteiger partial charge >= 0.3 is 0 Å². The van der Waals surface area contributed by atoms with E-state index in [0.717, 1.165) is 0 Å². The number of hydrogen-bond acceptors (Lipinski definition) is 3. The van der Waals surface area contributed by atoms with Crippen molar-refractivity contribution in [2.75, 3.05) is 6.26 Å². The van der Waals surface area contributed by atoms with E-state index >= 15 is 0 Å². The topological polar surface area (TPSA) is 25.8 Å². The first-order valence-electron chi connectivity index (χ1n) is 5.03. The van der Waals surface area contributed by atoms with Crippen LogP contribution in [0.5, 0.6) is 0 Å². The van der Waals surface area contributed by atoms with Gasteiger partial charge in [-0.15, -0.1) is 0 Å². The molecule has 0 radical (unpaired) electrons. The van der Waals surface area contributed by atoms with E-state index in [0.29, 0.717) is 30.0 Å². The van der Waals surface area contributed by atoms with Crippen LogP contribution in [0.2, 0.25) is 5.15 Å². The molecule has 1 heterocycles. The fourth-order valence-corrected chi connectivity index (χ4v) is 2.50. The summed E-state index contributed by atoms with van der Waals surface area (Å²) in [5.41, 5.74) is 0.247. The molecule has 0 bridgehead atoms. The zero-order chi connectivity index (χ0) is 11.8. The van der Waals surface area contributed by atoms with E-state index in [1.807, 2.05) is 0 Å². The molecule has 0 fully saturated rings. The van der Waals surface area contributed by atoms with Gasteiger partial charge in [0.05, 0.1) is 0 Å². The van der Waals surface area contributed by atoms with Crippen LogP contribution < -0.4 is 0 Å². The summed E-state index contributed by atoms with van der Waals surface area (Å²) in [6, 6.07) is 0. The minimum Gasteiger partial charge on any atom is -0.221 e. The Balaban J connectivity index is 2.58. The minimum atomic E-state index is -2.87. The average Bonchev–Trinajstić information content (AvgIpc) is 2.38. The molecule has 0 amide bonds. The maximum atomic E-state index is 13.8. The summed E-state index contributed by atoms with van der Waals surface area (Å²) in [4.78, 5) is 7.92. The van der Waals surface area contributed by atoms with Crippen LogP contribution in [0.15, 0.2) is 5.16 Å². The zero-order valence-electron chi connectivity index (χ0n) is 8.76. The molecule has 0 unspecified atom stereocenters. The Hall–Kier alpha value is -0.420. The zero-order valence-corrected chi connectivity index (χ0v) is 10.3. The molecule has 0 atom stereocenters. The molecule has 0 aliphatic heterocycles. The highest BCUT2D eigenvalue weighted by Crippen LogP contribution is 2.40. The van der Waals surface area contributed by atoms with Crippen LogP contribution in [-0.2, 0) is 12.3 Å². The van der Waals surface area contributed by atoms with Crippen molar-refractivity contribution in [3.05, 3.63) is 16.4 Å². The molecule has 1 aromatic heterocycles. The number of rotatable bonds is 1. The third kappa shape index (κ3) is 2.15. The maximum absolute atomic E-state index is 13.8.